The van der Waals surface area contributed by atoms with Crippen molar-refractivity contribution in [3.63, 3.8) is 0 Å². The normalized spacial score (nSPS) is 12.9. The number of allylic oxidation sites excluding steroid dienone is 1. The summed E-state index contributed by atoms with van der Waals surface area (Å²) in [5.41, 5.74) is 3.45. The summed E-state index contributed by atoms with van der Waals surface area (Å²) >= 11 is 6.25. The molecule has 0 radical (unpaired) electrons. The molecule has 0 heterocycles. The third kappa shape index (κ3) is 9.20. The zero-order valence-electron chi connectivity index (χ0n) is 20.3. The molecule has 1 unspecified atom stereocenters. The van der Waals surface area contributed by atoms with Crippen LogP contribution in [0.15, 0.2) is 60.8 Å². The van der Waals surface area contributed by atoms with Gasteiger partial charge in [-0.2, -0.15) is 0 Å². The van der Waals surface area contributed by atoms with E-state index in [0.717, 1.165) is 29.7 Å². The molecule has 2 rings (SSSR count). The predicted molar refractivity (Wildman–Crippen MR) is 138 cm³/mol. The lowest BCUT2D eigenvalue weighted by Crippen LogP contribution is -2.40. The first-order chi connectivity index (χ1) is 15.8. The van der Waals surface area contributed by atoms with Crippen LogP contribution in [0, 0.1) is 5.92 Å². The third-order valence-electron chi connectivity index (χ3n) is 5.46. The van der Waals surface area contributed by atoms with Crippen molar-refractivity contribution in [2.24, 2.45) is 5.92 Å². The second-order valence-electron chi connectivity index (χ2n) is 8.64. The van der Waals surface area contributed by atoms with Crippen LogP contribution in [0.1, 0.15) is 61.2 Å². The molecule has 0 saturated carbocycles. The Morgan fingerprint density at radius 3 is 2.42 bits per heavy atom. The van der Waals surface area contributed by atoms with Crippen LogP contribution in [0.4, 0.5) is 0 Å². The Balaban J connectivity index is 2.15. The minimum Gasteiger partial charge on any atom is -0.387 e. The topological polar surface area (TPSA) is 62.4 Å². The Morgan fingerprint density at radius 2 is 1.79 bits per heavy atom. The van der Waals surface area contributed by atoms with Crippen molar-refractivity contribution in [3.05, 3.63) is 82.5 Å². The summed E-state index contributed by atoms with van der Waals surface area (Å²) in [4.78, 5) is 12.9. The Morgan fingerprint density at radius 1 is 1.09 bits per heavy atom. The van der Waals surface area contributed by atoms with Gasteiger partial charge in [0.1, 0.15) is 6.10 Å². The smallest absolute Gasteiger partial charge is 0.251 e. The van der Waals surface area contributed by atoms with Crippen molar-refractivity contribution in [3.8, 4) is 0 Å². The van der Waals surface area contributed by atoms with Crippen LogP contribution in [-0.2, 0) is 4.74 Å². The second-order valence-corrected chi connectivity index (χ2v) is 9.08. The van der Waals surface area contributed by atoms with Gasteiger partial charge in [-0.1, -0.05) is 63.2 Å². The summed E-state index contributed by atoms with van der Waals surface area (Å²) in [7, 11) is 1.93. The Hall–Kier alpha value is -2.34. The van der Waals surface area contributed by atoms with Crippen molar-refractivity contribution < 1.29 is 9.53 Å². The van der Waals surface area contributed by atoms with Gasteiger partial charge in [0.05, 0.1) is 6.61 Å². The number of ether oxygens (including phenoxy) is 1. The van der Waals surface area contributed by atoms with Crippen molar-refractivity contribution in [2.75, 3.05) is 26.7 Å². The Kier molecular flexibility index (Phi) is 11.4. The molecule has 33 heavy (non-hydrogen) atoms. The minimum absolute atomic E-state index is 0.0911. The number of hydrogen-bond acceptors (Lipinski definition) is 4. The van der Waals surface area contributed by atoms with Gasteiger partial charge in [0.15, 0.2) is 0 Å². The maximum absolute atomic E-state index is 12.9. The molecule has 6 heteroatoms. The molecule has 0 bridgehead atoms. The number of carbonyl (C=O) groups is 1. The predicted octanol–water partition coefficient (Wildman–Crippen LogP) is 5.32. The van der Waals surface area contributed by atoms with E-state index in [0.29, 0.717) is 36.2 Å². The van der Waals surface area contributed by atoms with Gasteiger partial charge in [-0.3, -0.25) is 4.79 Å². The highest BCUT2D eigenvalue weighted by atomic mass is 35.5. The molecule has 180 valence electrons. The van der Waals surface area contributed by atoms with Gasteiger partial charge in [0.2, 0.25) is 0 Å². The molecular formula is C27H38ClN3O2. The molecule has 0 fully saturated rings. The van der Waals surface area contributed by atoms with E-state index in [9.17, 15) is 4.79 Å². The summed E-state index contributed by atoms with van der Waals surface area (Å²) < 4.78 is 6.25. The molecule has 0 aliphatic heterocycles. The molecule has 2 atom stereocenters. The van der Waals surface area contributed by atoms with Gasteiger partial charge in [-0.05, 0) is 61.2 Å². The molecule has 0 aliphatic carbocycles. The lowest BCUT2D eigenvalue weighted by molar-refractivity contribution is 0.0830. The first-order valence-corrected chi connectivity index (χ1v) is 12.1. The largest absolute Gasteiger partial charge is 0.387 e. The lowest BCUT2D eigenvalue weighted by atomic mass is 9.99. The first kappa shape index (κ1) is 26.9. The average molecular weight is 472 g/mol. The fourth-order valence-electron chi connectivity index (χ4n) is 3.62. The molecule has 5 nitrogen and oxygen atoms in total. The number of benzene rings is 2. The number of amides is 1. The maximum atomic E-state index is 12.9. The molecule has 1 amide bonds. The summed E-state index contributed by atoms with van der Waals surface area (Å²) in [6.07, 6.45) is 1.54. The van der Waals surface area contributed by atoms with Crippen LogP contribution in [0.25, 0.3) is 0 Å². The molecule has 2 aromatic rings. The van der Waals surface area contributed by atoms with Gasteiger partial charge in [-0.15, -0.1) is 0 Å². The van der Waals surface area contributed by atoms with Gasteiger partial charge in [-0.25, -0.2) is 0 Å². The molecule has 0 spiro atoms. The van der Waals surface area contributed by atoms with Crippen LogP contribution in [0.5, 0.6) is 0 Å². The van der Waals surface area contributed by atoms with Crippen LogP contribution >= 0.6 is 11.6 Å². The van der Waals surface area contributed by atoms with E-state index in [1.54, 1.807) is 0 Å². The fourth-order valence-corrected chi connectivity index (χ4v) is 3.82. The SMILES string of the molecule is C=C(CC)NCCOC(c1cccc(Cl)c1)c1cccc(C(=O)NC[C@H](CC(C)C)NC)c1. The van der Waals surface area contributed by atoms with Crippen LogP contribution in [0.3, 0.4) is 0 Å². The van der Waals surface area contributed by atoms with Gasteiger partial charge in [0, 0.05) is 35.4 Å². The second kappa shape index (κ2) is 14.0. The highest BCUT2D eigenvalue weighted by Crippen LogP contribution is 2.28. The van der Waals surface area contributed by atoms with Crippen molar-refractivity contribution in [2.45, 2.75) is 45.8 Å². The average Bonchev–Trinajstić information content (AvgIpc) is 2.81. The number of rotatable bonds is 14. The van der Waals surface area contributed by atoms with Crippen molar-refractivity contribution in [1.82, 2.24) is 16.0 Å². The number of likely N-dealkylation sites (N-methyl/N-ethyl adjacent to an activating group) is 1. The van der Waals surface area contributed by atoms with Gasteiger partial charge in [0.25, 0.3) is 5.91 Å². The van der Waals surface area contributed by atoms with E-state index in [-0.39, 0.29) is 18.1 Å². The molecule has 0 aromatic heterocycles. The summed E-state index contributed by atoms with van der Waals surface area (Å²) in [5.74, 6) is 0.467. The number of hydrogen-bond donors (Lipinski definition) is 3. The summed E-state index contributed by atoms with van der Waals surface area (Å²) in [6.45, 7) is 12.1. The van der Waals surface area contributed by atoms with E-state index in [2.05, 4.69) is 43.3 Å². The molecule has 3 N–H and O–H groups in total. The first-order valence-electron chi connectivity index (χ1n) is 11.7. The van der Waals surface area contributed by atoms with E-state index >= 15 is 0 Å². The van der Waals surface area contributed by atoms with Crippen LogP contribution in [0.2, 0.25) is 5.02 Å². The summed E-state index contributed by atoms with van der Waals surface area (Å²) in [6, 6.07) is 15.5. The van der Waals surface area contributed by atoms with Gasteiger partial charge >= 0.3 is 0 Å². The van der Waals surface area contributed by atoms with E-state index in [1.807, 2.05) is 55.6 Å². The van der Waals surface area contributed by atoms with Gasteiger partial charge < -0.3 is 20.7 Å². The number of carbonyl (C=O) groups excluding carboxylic acids is 1. The molecule has 0 aliphatic rings. The molecular weight excluding hydrogens is 434 g/mol. The highest BCUT2D eigenvalue weighted by Gasteiger charge is 2.18. The Bertz CT molecular complexity index is 900. The third-order valence-corrected chi connectivity index (χ3v) is 5.70. The van der Waals surface area contributed by atoms with Crippen LogP contribution < -0.4 is 16.0 Å². The van der Waals surface area contributed by atoms with Crippen molar-refractivity contribution >= 4 is 17.5 Å². The highest BCUT2D eigenvalue weighted by molar-refractivity contribution is 6.30. The fraction of sp³-hybridized carbons (Fsp3) is 0.444. The van der Waals surface area contributed by atoms with E-state index in [4.69, 9.17) is 16.3 Å². The van der Waals surface area contributed by atoms with E-state index < -0.39 is 0 Å². The number of nitrogens with one attached hydrogen (secondary N) is 3. The molecule has 2 aromatic carbocycles. The number of halogens is 1. The summed E-state index contributed by atoms with van der Waals surface area (Å²) in [5, 5.41) is 10.2. The zero-order chi connectivity index (χ0) is 24.2. The Labute approximate surface area is 204 Å². The maximum Gasteiger partial charge on any atom is 0.251 e. The molecule has 0 saturated heterocycles. The van der Waals surface area contributed by atoms with Crippen molar-refractivity contribution in [1.29, 1.82) is 0 Å². The zero-order valence-corrected chi connectivity index (χ0v) is 21.0. The van der Waals surface area contributed by atoms with E-state index in [1.165, 1.54) is 0 Å². The quantitative estimate of drug-likeness (QED) is 0.326. The monoisotopic (exact) mass is 471 g/mol. The standard InChI is InChI=1S/C27H38ClN3O2/c1-6-20(4)30-13-14-33-26(22-10-8-12-24(28)17-22)21-9-7-11-23(16-21)27(32)31-18-25(29-5)15-19(2)3/h7-12,16-17,19,25-26,29-30H,4,6,13-15,18H2,1-3,5H3,(H,31,32)/t25-,26?/m0/s1. The lowest BCUT2D eigenvalue weighted by Gasteiger charge is -2.21. The minimum atomic E-state index is -0.334. The van der Waals surface area contributed by atoms with Crippen LogP contribution in [-0.4, -0.2) is 38.7 Å².